The van der Waals surface area contributed by atoms with Gasteiger partial charge in [-0.3, -0.25) is 0 Å². The highest BCUT2D eigenvalue weighted by molar-refractivity contribution is 5.12. The van der Waals surface area contributed by atoms with E-state index in [1.807, 2.05) is 6.92 Å². The maximum atomic E-state index is 8.88. The average molecular weight is 220 g/mol. The first-order chi connectivity index (χ1) is 7.63. The van der Waals surface area contributed by atoms with Gasteiger partial charge in [-0.2, -0.15) is 0 Å². The van der Waals surface area contributed by atoms with Gasteiger partial charge in [0, 0.05) is 0 Å². The second-order valence-electron chi connectivity index (χ2n) is 4.93. The van der Waals surface area contributed by atoms with Crippen molar-refractivity contribution < 1.29 is 5.11 Å². The van der Waals surface area contributed by atoms with Gasteiger partial charge in [0.1, 0.15) is 0 Å². The summed E-state index contributed by atoms with van der Waals surface area (Å²) >= 11 is 0. The molecule has 0 bridgehead atoms. The molecule has 0 radical (unpaired) electrons. The Labute approximate surface area is 99.6 Å². The molecule has 0 aromatic heterocycles. The minimum Gasteiger partial charge on any atom is -0.392 e. The smallest absolute Gasteiger partial charge is 0.0639 e. The molecule has 1 nitrogen and oxygen atoms in total. The van der Waals surface area contributed by atoms with Gasteiger partial charge in [-0.25, -0.2) is 0 Å². The van der Waals surface area contributed by atoms with Gasteiger partial charge in [-0.1, -0.05) is 35.5 Å². The summed E-state index contributed by atoms with van der Waals surface area (Å²) in [7, 11) is 0. The Morgan fingerprint density at radius 1 is 1.62 bits per heavy atom. The molecule has 90 valence electrons. The molecule has 0 aliphatic heterocycles. The molecule has 0 spiro atoms. The fourth-order valence-electron chi connectivity index (χ4n) is 2.11. The van der Waals surface area contributed by atoms with Crippen LogP contribution in [-0.4, -0.2) is 11.7 Å². The Bertz CT molecular complexity index is 297. The Morgan fingerprint density at radius 2 is 2.38 bits per heavy atom. The van der Waals surface area contributed by atoms with Gasteiger partial charge < -0.3 is 5.11 Å². The van der Waals surface area contributed by atoms with E-state index in [1.54, 1.807) is 0 Å². The Kier molecular flexibility index (Phi) is 5.54. The molecule has 1 aliphatic carbocycles. The van der Waals surface area contributed by atoms with Crippen molar-refractivity contribution in [2.45, 2.75) is 46.0 Å². The second kappa shape index (κ2) is 6.70. The van der Waals surface area contributed by atoms with Crippen LogP contribution in [0, 0.1) is 5.92 Å². The molecular weight excluding hydrogens is 196 g/mol. The van der Waals surface area contributed by atoms with Gasteiger partial charge in [0.15, 0.2) is 0 Å². The maximum absolute atomic E-state index is 8.88. The Hall–Kier alpha value is -0.820. The first kappa shape index (κ1) is 13.2. The van der Waals surface area contributed by atoms with Crippen LogP contribution >= 0.6 is 0 Å². The summed E-state index contributed by atoms with van der Waals surface area (Å²) in [5.74, 6) is 0.687. The Balaban J connectivity index is 2.31. The number of allylic oxidation sites excluding steroid dienone is 4. The van der Waals surface area contributed by atoms with E-state index in [-0.39, 0.29) is 6.61 Å². The fourth-order valence-corrected chi connectivity index (χ4v) is 2.11. The van der Waals surface area contributed by atoms with E-state index in [2.05, 4.69) is 25.7 Å². The maximum Gasteiger partial charge on any atom is 0.0639 e. The highest BCUT2D eigenvalue weighted by Gasteiger charge is 2.14. The lowest BCUT2D eigenvalue weighted by molar-refractivity contribution is 0.331. The summed E-state index contributed by atoms with van der Waals surface area (Å²) in [6.07, 6.45) is 10.2. The quantitative estimate of drug-likeness (QED) is 0.694. The van der Waals surface area contributed by atoms with Crippen LogP contribution in [-0.2, 0) is 0 Å². The highest BCUT2D eigenvalue weighted by atomic mass is 16.3. The summed E-state index contributed by atoms with van der Waals surface area (Å²) in [6, 6.07) is 0. The van der Waals surface area contributed by atoms with Gasteiger partial charge in [-0.15, -0.1) is 0 Å². The van der Waals surface area contributed by atoms with Crippen LogP contribution in [0.25, 0.3) is 0 Å². The molecule has 0 fully saturated rings. The van der Waals surface area contributed by atoms with E-state index in [0.717, 1.165) is 18.4 Å². The lowest BCUT2D eigenvalue weighted by Gasteiger charge is -2.22. The summed E-state index contributed by atoms with van der Waals surface area (Å²) in [4.78, 5) is 0. The van der Waals surface area contributed by atoms with Gasteiger partial charge in [0.25, 0.3) is 0 Å². The van der Waals surface area contributed by atoms with Crippen molar-refractivity contribution in [3.8, 4) is 0 Å². The van der Waals surface area contributed by atoms with E-state index in [1.165, 1.54) is 30.4 Å². The van der Waals surface area contributed by atoms with Gasteiger partial charge in [-0.05, 0) is 51.9 Å². The van der Waals surface area contributed by atoms with Crippen molar-refractivity contribution in [3.63, 3.8) is 0 Å². The van der Waals surface area contributed by atoms with Gasteiger partial charge >= 0.3 is 0 Å². The largest absolute Gasteiger partial charge is 0.392 e. The lowest BCUT2D eigenvalue weighted by atomic mass is 9.84. The van der Waals surface area contributed by atoms with Crippen LogP contribution in [0.5, 0.6) is 0 Å². The predicted octanol–water partition coefficient (Wildman–Crippen LogP) is 4.01. The molecule has 0 saturated carbocycles. The Morgan fingerprint density at radius 3 is 2.94 bits per heavy atom. The molecule has 0 aromatic carbocycles. The summed E-state index contributed by atoms with van der Waals surface area (Å²) in [5.41, 5.74) is 3.97. The summed E-state index contributed by atoms with van der Waals surface area (Å²) in [5, 5.41) is 8.88. The topological polar surface area (TPSA) is 20.2 Å². The number of aliphatic hydroxyl groups is 1. The molecule has 1 aliphatic rings. The first-order valence-corrected chi connectivity index (χ1v) is 6.23. The van der Waals surface area contributed by atoms with Crippen LogP contribution in [0.3, 0.4) is 0 Å². The third kappa shape index (κ3) is 4.36. The fraction of sp³-hybridized carbons (Fsp3) is 0.600. The third-order valence-corrected chi connectivity index (χ3v) is 3.42. The number of hydrogen-bond acceptors (Lipinski definition) is 1. The molecule has 1 atom stereocenters. The van der Waals surface area contributed by atoms with Crippen LogP contribution in [0.15, 0.2) is 35.5 Å². The van der Waals surface area contributed by atoms with Crippen molar-refractivity contribution >= 4 is 0 Å². The highest BCUT2D eigenvalue weighted by Crippen LogP contribution is 2.30. The van der Waals surface area contributed by atoms with Crippen molar-refractivity contribution in [2.24, 2.45) is 5.92 Å². The zero-order valence-electron chi connectivity index (χ0n) is 10.6. The molecule has 1 heteroatoms. The molecule has 0 unspecified atom stereocenters. The van der Waals surface area contributed by atoms with Gasteiger partial charge in [0.2, 0.25) is 0 Å². The van der Waals surface area contributed by atoms with Crippen molar-refractivity contribution in [2.75, 3.05) is 6.61 Å². The van der Waals surface area contributed by atoms with Crippen LogP contribution < -0.4 is 0 Å². The number of hydrogen-bond donors (Lipinski definition) is 1. The molecule has 0 heterocycles. The predicted molar refractivity (Wildman–Crippen MR) is 70.3 cm³/mol. The molecular formula is C15H24O. The molecule has 0 amide bonds. The summed E-state index contributed by atoms with van der Waals surface area (Å²) < 4.78 is 0. The monoisotopic (exact) mass is 220 g/mol. The third-order valence-electron chi connectivity index (χ3n) is 3.42. The first-order valence-electron chi connectivity index (χ1n) is 6.23. The van der Waals surface area contributed by atoms with Crippen LogP contribution in [0.4, 0.5) is 0 Å². The zero-order chi connectivity index (χ0) is 12.0. The number of aliphatic hydroxyl groups excluding tert-OH is 1. The SMILES string of the molecule is C=C(CC/C=C(\C)CO)[C@@H]1CC=C(C)CC1. The molecule has 0 aromatic rings. The van der Waals surface area contributed by atoms with E-state index < -0.39 is 0 Å². The van der Waals surface area contributed by atoms with E-state index in [9.17, 15) is 0 Å². The van der Waals surface area contributed by atoms with Gasteiger partial charge in [0.05, 0.1) is 6.61 Å². The molecule has 16 heavy (non-hydrogen) atoms. The standard InChI is InChI=1S/C15H24O/c1-12-7-9-15(10-8-12)14(3)6-4-5-13(2)11-16/h5,7,15-16H,3-4,6,8-11H2,1-2H3/b13-5+/t15-/m1/s1. The van der Waals surface area contributed by atoms with E-state index >= 15 is 0 Å². The molecule has 0 saturated heterocycles. The normalized spacial score (nSPS) is 21.8. The number of rotatable bonds is 5. The summed E-state index contributed by atoms with van der Waals surface area (Å²) in [6.45, 7) is 8.57. The molecule has 1 rings (SSSR count). The minimum absolute atomic E-state index is 0.178. The van der Waals surface area contributed by atoms with Crippen molar-refractivity contribution in [3.05, 3.63) is 35.5 Å². The van der Waals surface area contributed by atoms with E-state index in [4.69, 9.17) is 5.11 Å². The van der Waals surface area contributed by atoms with Crippen molar-refractivity contribution in [1.82, 2.24) is 0 Å². The zero-order valence-corrected chi connectivity index (χ0v) is 10.6. The lowest BCUT2D eigenvalue weighted by Crippen LogP contribution is -2.07. The molecule has 1 N–H and O–H groups in total. The van der Waals surface area contributed by atoms with Crippen molar-refractivity contribution in [1.29, 1.82) is 0 Å². The van der Waals surface area contributed by atoms with Crippen LogP contribution in [0.1, 0.15) is 46.0 Å². The second-order valence-corrected chi connectivity index (χ2v) is 4.93. The van der Waals surface area contributed by atoms with E-state index in [0.29, 0.717) is 5.92 Å². The average Bonchev–Trinajstić information content (AvgIpc) is 2.29. The van der Waals surface area contributed by atoms with Crippen LogP contribution in [0.2, 0.25) is 0 Å². The minimum atomic E-state index is 0.178.